The number of aliphatic hydroxyl groups is 2. The second kappa shape index (κ2) is 14.4. The van der Waals surface area contributed by atoms with E-state index in [1.54, 1.807) is 39.8 Å². The normalized spacial score (nSPS) is 32.9. The van der Waals surface area contributed by atoms with Crippen molar-refractivity contribution >= 4 is 17.7 Å². The first-order valence-corrected chi connectivity index (χ1v) is 12.7. The van der Waals surface area contributed by atoms with Crippen LogP contribution in [0.25, 0.3) is 0 Å². The molecule has 2 bridgehead atoms. The number of halogens is 1. The van der Waals surface area contributed by atoms with Crippen LogP contribution in [0.15, 0.2) is 41.5 Å². The molecule has 1 aliphatic heterocycles. The zero-order chi connectivity index (χ0) is 28.6. The van der Waals surface area contributed by atoms with Crippen LogP contribution in [0.4, 0.5) is 14.9 Å². The lowest BCUT2D eigenvalue weighted by Crippen LogP contribution is -2.38. The lowest BCUT2D eigenvalue weighted by atomic mass is 9.86. The maximum atomic E-state index is 14.4. The number of methoxy groups -OCH3 is 2. The standard InChI is InChI=1S/C28H41FN2O7/c1-15-8-7-9-22(36-5)26(38-28(30)35)18(4)10-16(2)25(33)23(37-6)11-17(3)24(32)19-12-20(29)14-21(13-19)31-27(15)34/h8,10,12-14,16-17,22-26,32-33H,7,9,11H2,1-6H3,(H2,30,35)(H,31,34)/b15-8+,18-10+/t16-,17-,22-,23-,24+,25+,26-/m0/s1. The number of allylic oxidation sites excluding steroid dienone is 1. The van der Waals surface area contributed by atoms with E-state index in [0.717, 1.165) is 0 Å². The monoisotopic (exact) mass is 536 g/mol. The number of amides is 2. The molecule has 1 aromatic rings. The van der Waals surface area contributed by atoms with E-state index in [2.05, 4.69) is 5.32 Å². The van der Waals surface area contributed by atoms with Gasteiger partial charge in [-0.2, -0.15) is 0 Å². The lowest BCUT2D eigenvalue weighted by molar-refractivity contribution is -0.112. The summed E-state index contributed by atoms with van der Waals surface area (Å²) >= 11 is 0. The number of fused-ring (bicyclic) bond motifs is 2. The molecular weight excluding hydrogens is 495 g/mol. The van der Waals surface area contributed by atoms with E-state index in [9.17, 15) is 24.2 Å². The predicted molar refractivity (Wildman–Crippen MR) is 142 cm³/mol. The fourth-order valence-electron chi connectivity index (χ4n) is 4.77. The van der Waals surface area contributed by atoms with Gasteiger partial charge in [-0.05, 0) is 68.4 Å². The fraction of sp³-hybridized carbons (Fsp3) is 0.571. The summed E-state index contributed by atoms with van der Waals surface area (Å²) in [6, 6.07) is 3.93. The van der Waals surface area contributed by atoms with E-state index in [1.807, 2.05) is 0 Å². The fourth-order valence-corrected chi connectivity index (χ4v) is 4.77. The quantitative estimate of drug-likeness (QED) is 0.428. The number of carbonyl (C=O) groups excluding carboxylic acids is 2. The van der Waals surface area contributed by atoms with Gasteiger partial charge in [-0.25, -0.2) is 9.18 Å². The molecule has 10 heteroatoms. The molecule has 0 aliphatic carbocycles. The molecule has 5 N–H and O–H groups in total. The molecular formula is C28H41FN2O7. The van der Waals surface area contributed by atoms with Gasteiger partial charge >= 0.3 is 6.09 Å². The average Bonchev–Trinajstić information content (AvgIpc) is 2.86. The van der Waals surface area contributed by atoms with E-state index >= 15 is 0 Å². The Bertz CT molecular complexity index is 1030. The molecule has 9 nitrogen and oxygen atoms in total. The minimum atomic E-state index is -1.08. The van der Waals surface area contributed by atoms with Gasteiger partial charge in [0.15, 0.2) is 6.10 Å². The van der Waals surface area contributed by atoms with Gasteiger partial charge in [-0.15, -0.1) is 0 Å². The number of aliphatic hydroxyl groups excluding tert-OH is 2. The van der Waals surface area contributed by atoms with Crippen molar-refractivity contribution in [1.82, 2.24) is 0 Å². The smallest absolute Gasteiger partial charge is 0.405 e. The molecule has 0 saturated carbocycles. The number of hydrogen-bond donors (Lipinski definition) is 4. The molecule has 1 heterocycles. The summed E-state index contributed by atoms with van der Waals surface area (Å²) in [5.41, 5.74) is 6.88. The molecule has 1 aromatic carbocycles. The Kier molecular flexibility index (Phi) is 11.9. The molecule has 212 valence electrons. The highest BCUT2D eigenvalue weighted by molar-refractivity contribution is 6.03. The van der Waals surface area contributed by atoms with Gasteiger partial charge in [0.1, 0.15) is 5.82 Å². The molecule has 0 unspecified atom stereocenters. The van der Waals surface area contributed by atoms with Gasteiger partial charge in [-0.1, -0.05) is 26.0 Å². The van der Waals surface area contributed by atoms with Gasteiger partial charge < -0.3 is 35.5 Å². The van der Waals surface area contributed by atoms with Crippen LogP contribution in [-0.2, 0) is 19.0 Å². The highest BCUT2D eigenvalue weighted by atomic mass is 19.1. The zero-order valence-corrected chi connectivity index (χ0v) is 22.9. The molecule has 0 spiro atoms. The Morgan fingerprint density at radius 3 is 2.37 bits per heavy atom. The lowest BCUT2D eigenvalue weighted by Gasteiger charge is -2.31. The molecule has 38 heavy (non-hydrogen) atoms. The van der Waals surface area contributed by atoms with Crippen molar-refractivity contribution in [2.75, 3.05) is 19.5 Å². The topological polar surface area (TPSA) is 140 Å². The van der Waals surface area contributed by atoms with Crippen LogP contribution in [0.5, 0.6) is 0 Å². The Balaban J connectivity index is 2.52. The Labute approximate surface area is 223 Å². The molecule has 7 atom stereocenters. The molecule has 0 aromatic heterocycles. The SMILES string of the molecule is CO[C@H]1C[C@H](C)[C@@H](O)c2cc(F)cc(c2)NC(=O)/C(C)=C/CC[C@H](OC)[C@@H](OC(N)=O)/C(C)=C/[C@H](C)[C@H]1O. The van der Waals surface area contributed by atoms with Crippen molar-refractivity contribution in [2.45, 2.75) is 77.5 Å². The summed E-state index contributed by atoms with van der Waals surface area (Å²) < 4.78 is 31.0. The largest absolute Gasteiger partial charge is 0.439 e. The third-order valence-electron chi connectivity index (χ3n) is 7.00. The van der Waals surface area contributed by atoms with E-state index in [4.69, 9.17) is 19.9 Å². The number of hydrogen-bond acceptors (Lipinski definition) is 7. The van der Waals surface area contributed by atoms with Gasteiger partial charge in [0, 0.05) is 31.4 Å². The summed E-state index contributed by atoms with van der Waals surface area (Å²) in [6.07, 6.45) is -0.487. The average molecular weight is 537 g/mol. The van der Waals surface area contributed by atoms with Gasteiger partial charge in [0.25, 0.3) is 5.91 Å². The number of benzene rings is 1. The van der Waals surface area contributed by atoms with Crippen LogP contribution < -0.4 is 11.1 Å². The Morgan fingerprint density at radius 1 is 1.11 bits per heavy atom. The van der Waals surface area contributed by atoms with Gasteiger partial charge in [0.05, 0.1) is 24.4 Å². The first kappa shape index (κ1) is 31.4. The molecule has 0 fully saturated rings. The second-order valence-corrected chi connectivity index (χ2v) is 10.0. The van der Waals surface area contributed by atoms with Crippen LogP contribution >= 0.6 is 0 Å². The minimum Gasteiger partial charge on any atom is -0.439 e. The van der Waals surface area contributed by atoms with Crippen LogP contribution in [0.1, 0.15) is 58.6 Å². The number of carbonyl (C=O) groups is 2. The first-order valence-electron chi connectivity index (χ1n) is 12.7. The Hall–Kier alpha value is -2.79. The van der Waals surface area contributed by atoms with E-state index < -0.39 is 60.2 Å². The van der Waals surface area contributed by atoms with Crippen LogP contribution in [0, 0.1) is 17.7 Å². The maximum Gasteiger partial charge on any atom is 0.405 e. The zero-order valence-electron chi connectivity index (χ0n) is 22.9. The van der Waals surface area contributed by atoms with Crippen molar-refractivity contribution < 1.29 is 38.4 Å². The number of rotatable bonds is 3. The number of nitrogens with two attached hydrogens (primary N) is 1. The molecule has 2 amide bonds. The number of primary amides is 1. The summed E-state index contributed by atoms with van der Waals surface area (Å²) in [5, 5.41) is 24.7. The van der Waals surface area contributed by atoms with E-state index in [0.29, 0.717) is 29.6 Å². The van der Waals surface area contributed by atoms with Crippen LogP contribution in [0.3, 0.4) is 0 Å². The minimum absolute atomic E-state index is 0.211. The number of anilines is 1. The summed E-state index contributed by atoms with van der Waals surface area (Å²) in [5.74, 6) is -1.87. The third kappa shape index (κ3) is 8.62. The van der Waals surface area contributed by atoms with Crippen molar-refractivity contribution in [3.63, 3.8) is 0 Å². The highest BCUT2D eigenvalue weighted by Gasteiger charge is 2.31. The number of nitrogens with one attached hydrogen (secondary N) is 1. The molecule has 0 saturated heterocycles. The van der Waals surface area contributed by atoms with Crippen molar-refractivity contribution in [3.05, 3.63) is 52.9 Å². The summed E-state index contributed by atoms with van der Waals surface area (Å²) in [6.45, 7) is 6.96. The van der Waals surface area contributed by atoms with E-state index in [1.165, 1.54) is 32.4 Å². The van der Waals surface area contributed by atoms with Crippen LogP contribution in [0.2, 0.25) is 0 Å². The van der Waals surface area contributed by atoms with Crippen LogP contribution in [-0.4, -0.2) is 60.8 Å². The highest BCUT2D eigenvalue weighted by Crippen LogP contribution is 2.31. The number of ether oxygens (including phenoxy) is 3. The van der Waals surface area contributed by atoms with Crippen molar-refractivity contribution in [2.24, 2.45) is 17.6 Å². The molecule has 0 radical (unpaired) electrons. The third-order valence-corrected chi connectivity index (χ3v) is 7.00. The molecule has 1 aliphatic rings. The van der Waals surface area contributed by atoms with Gasteiger partial charge in [-0.3, -0.25) is 4.79 Å². The van der Waals surface area contributed by atoms with E-state index in [-0.39, 0.29) is 12.1 Å². The second-order valence-electron chi connectivity index (χ2n) is 10.0. The van der Waals surface area contributed by atoms with Crippen molar-refractivity contribution in [3.8, 4) is 0 Å². The maximum absolute atomic E-state index is 14.4. The first-order chi connectivity index (χ1) is 17.9. The molecule has 2 rings (SSSR count). The summed E-state index contributed by atoms with van der Waals surface area (Å²) in [7, 11) is 2.96. The Morgan fingerprint density at radius 2 is 1.76 bits per heavy atom. The van der Waals surface area contributed by atoms with Gasteiger partial charge in [0.2, 0.25) is 0 Å². The predicted octanol–water partition coefficient (Wildman–Crippen LogP) is 4.00. The van der Waals surface area contributed by atoms with Crippen molar-refractivity contribution in [1.29, 1.82) is 0 Å². The summed E-state index contributed by atoms with van der Waals surface area (Å²) in [4.78, 5) is 24.4.